The van der Waals surface area contributed by atoms with E-state index in [9.17, 15) is 0 Å². The van der Waals surface area contributed by atoms with Crippen LogP contribution in [0, 0.1) is 3.57 Å². The van der Waals surface area contributed by atoms with E-state index in [-0.39, 0.29) is 6.04 Å². The lowest BCUT2D eigenvalue weighted by atomic mass is 10.00. The summed E-state index contributed by atoms with van der Waals surface area (Å²) < 4.78 is 1.19. The average molecular weight is 344 g/mol. The van der Waals surface area contributed by atoms with Gasteiger partial charge in [0.2, 0.25) is 0 Å². The molecule has 0 radical (unpaired) electrons. The molecule has 0 aliphatic heterocycles. The number of hydrogen-bond acceptors (Lipinski definition) is 1. The summed E-state index contributed by atoms with van der Waals surface area (Å²) in [6.45, 7) is 0. The van der Waals surface area contributed by atoms with E-state index in [1.807, 2.05) is 36.4 Å². The smallest absolute Gasteiger partial charge is 0.0552 e. The molecule has 2 rings (SSSR count). The van der Waals surface area contributed by atoms with Crippen molar-refractivity contribution in [2.45, 2.75) is 6.04 Å². The number of hydrogen-bond donors (Lipinski definition) is 1. The molecule has 0 aliphatic rings. The van der Waals surface area contributed by atoms with Gasteiger partial charge in [0.1, 0.15) is 0 Å². The molecule has 0 saturated carbocycles. The Morgan fingerprint density at radius 1 is 1.00 bits per heavy atom. The van der Waals surface area contributed by atoms with Crippen LogP contribution in [0.3, 0.4) is 0 Å². The molecule has 82 valence electrons. The van der Waals surface area contributed by atoms with Crippen LogP contribution in [0.2, 0.25) is 5.02 Å². The molecule has 1 atom stereocenters. The fourth-order valence-electron chi connectivity index (χ4n) is 1.59. The maximum atomic E-state index is 6.19. The SMILES string of the molecule is NC(c1cccc(Cl)c1)c1cccc(I)c1. The van der Waals surface area contributed by atoms with Gasteiger partial charge in [-0.05, 0) is 58.0 Å². The molecule has 0 spiro atoms. The summed E-state index contributed by atoms with van der Waals surface area (Å²) in [7, 11) is 0. The molecule has 2 N–H and O–H groups in total. The molecule has 0 saturated heterocycles. The molecule has 0 aromatic heterocycles. The largest absolute Gasteiger partial charge is 0.320 e. The van der Waals surface area contributed by atoms with Crippen molar-refractivity contribution in [3.8, 4) is 0 Å². The lowest BCUT2D eigenvalue weighted by Gasteiger charge is -2.13. The van der Waals surface area contributed by atoms with Gasteiger partial charge in [0.15, 0.2) is 0 Å². The molecule has 0 heterocycles. The fourth-order valence-corrected chi connectivity index (χ4v) is 2.36. The Morgan fingerprint density at radius 3 is 2.25 bits per heavy atom. The van der Waals surface area contributed by atoms with Crippen LogP contribution < -0.4 is 5.73 Å². The van der Waals surface area contributed by atoms with Crippen LogP contribution in [0.4, 0.5) is 0 Å². The topological polar surface area (TPSA) is 26.0 Å². The summed E-state index contributed by atoms with van der Waals surface area (Å²) in [4.78, 5) is 0. The molecule has 0 fully saturated rings. The summed E-state index contributed by atoms with van der Waals surface area (Å²) in [5.41, 5.74) is 8.33. The van der Waals surface area contributed by atoms with E-state index in [4.69, 9.17) is 17.3 Å². The van der Waals surface area contributed by atoms with Gasteiger partial charge in [-0.25, -0.2) is 0 Å². The number of rotatable bonds is 2. The van der Waals surface area contributed by atoms with E-state index in [2.05, 4.69) is 34.7 Å². The van der Waals surface area contributed by atoms with Crippen LogP contribution in [0.15, 0.2) is 48.5 Å². The molecule has 2 aromatic rings. The van der Waals surface area contributed by atoms with E-state index in [1.54, 1.807) is 0 Å². The number of nitrogens with two attached hydrogens (primary N) is 1. The van der Waals surface area contributed by atoms with Crippen molar-refractivity contribution in [3.63, 3.8) is 0 Å². The minimum Gasteiger partial charge on any atom is -0.320 e. The van der Waals surface area contributed by atoms with Crippen LogP contribution >= 0.6 is 34.2 Å². The molecular formula is C13H11ClIN. The quantitative estimate of drug-likeness (QED) is 0.820. The highest BCUT2D eigenvalue weighted by Gasteiger charge is 2.08. The standard InChI is InChI=1S/C13H11ClIN/c14-11-5-1-3-9(7-11)13(16)10-4-2-6-12(15)8-10/h1-8,13H,16H2. The zero-order chi connectivity index (χ0) is 11.5. The van der Waals surface area contributed by atoms with E-state index >= 15 is 0 Å². The average Bonchev–Trinajstić information content (AvgIpc) is 2.28. The third-order valence-corrected chi connectivity index (χ3v) is 3.32. The summed E-state index contributed by atoms with van der Waals surface area (Å²) in [5.74, 6) is 0. The number of halogens is 2. The molecule has 0 aliphatic carbocycles. The second-order valence-corrected chi connectivity index (χ2v) is 5.27. The molecule has 1 unspecified atom stereocenters. The molecule has 3 heteroatoms. The molecule has 1 nitrogen and oxygen atoms in total. The van der Waals surface area contributed by atoms with Crippen molar-refractivity contribution in [2.75, 3.05) is 0 Å². The molecule has 2 aromatic carbocycles. The van der Waals surface area contributed by atoms with Gasteiger partial charge in [0.25, 0.3) is 0 Å². The Hall–Kier alpha value is -0.580. The summed E-state index contributed by atoms with van der Waals surface area (Å²) in [6.07, 6.45) is 0. The van der Waals surface area contributed by atoms with Crippen molar-refractivity contribution in [1.82, 2.24) is 0 Å². The van der Waals surface area contributed by atoms with E-state index < -0.39 is 0 Å². The van der Waals surface area contributed by atoms with Crippen molar-refractivity contribution < 1.29 is 0 Å². The van der Waals surface area contributed by atoms with Gasteiger partial charge in [-0.15, -0.1) is 0 Å². The first-order valence-electron chi connectivity index (χ1n) is 4.93. The van der Waals surface area contributed by atoms with Crippen molar-refractivity contribution in [2.24, 2.45) is 5.73 Å². The molecule has 0 amide bonds. The Kier molecular flexibility index (Phi) is 3.84. The van der Waals surface area contributed by atoms with Crippen LogP contribution in [0.25, 0.3) is 0 Å². The van der Waals surface area contributed by atoms with Gasteiger partial charge in [-0.3, -0.25) is 0 Å². The summed E-state index contributed by atoms with van der Waals surface area (Å²) in [6, 6.07) is 15.8. The molecule has 16 heavy (non-hydrogen) atoms. The lowest BCUT2D eigenvalue weighted by Crippen LogP contribution is -2.11. The van der Waals surface area contributed by atoms with Gasteiger partial charge >= 0.3 is 0 Å². The predicted octanol–water partition coefficient (Wildman–Crippen LogP) is 3.99. The molecule has 0 bridgehead atoms. The normalized spacial score (nSPS) is 12.4. The predicted molar refractivity (Wildman–Crippen MR) is 76.6 cm³/mol. The highest BCUT2D eigenvalue weighted by atomic mass is 127. The van der Waals surface area contributed by atoms with Crippen LogP contribution in [0.5, 0.6) is 0 Å². The first-order valence-corrected chi connectivity index (χ1v) is 6.39. The lowest BCUT2D eigenvalue weighted by molar-refractivity contribution is 0.870. The van der Waals surface area contributed by atoms with Gasteiger partial charge < -0.3 is 5.73 Å². The van der Waals surface area contributed by atoms with Crippen LogP contribution in [0.1, 0.15) is 17.2 Å². The Morgan fingerprint density at radius 2 is 1.62 bits per heavy atom. The summed E-state index contributed by atoms with van der Waals surface area (Å²) in [5, 5.41) is 0.721. The monoisotopic (exact) mass is 343 g/mol. The van der Waals surface area contributed by atoms with Gasteiger partial charge in [-0.1, -0.05) is 35.9 Å². The highest BCUT2D eigenvalue weighted by molar-refractivity contribution is 14.1. The van der Waals surface area contributed by atoms with Crippen molar-refractivity contribution >= 4 is 34.2 Å². The second kappa shape index (κ2) is 5.17. The Labute approximate surface area is 114 Å². The van der Waals surface area contributed by atoms with E-state index in [0.717, 1.165) is 16.1 Å². The second-order valence-electron chi connectivity index (χ2n) is 3.59. The minimum atomic E-state index is -0.117. The third-order valence-electron chi connectivity index (χ3n) is 2.42. The zero-order valence-corrected chi connectivity index (χ0v) is 11.4. The zero-order valence-electron chi connectivity index (χ0n) is 8.53. The van der Waals surface area contributed by atoms with Gasteiger partial charge in [0.05, 0.1) is 6.04 Å². The summed E-state index contributed by atoms with van der Waals surface area (Å²) >= 11 is 8.23. The van der Waals surface area contributed by atoms with E-state index in [1.165, 1.54) is 3.57 Å². The first-order chi connectivity index (χ1) is 7.66. The Bertz CT molecular complexity index is 453. The fraction of sp³-hybridized carbons (Fsp3) is 0.0769. The van der Waals surface area contributed by atoms with E-state index in [0.29, 0.717) is 0 Å². The van der Waals surface area contributed by atoms with Crippen molar-refractivity contribution in [1.29, 1.82) is 0 Å². The highest BCUT2D eigenvalue weighted by Crippen LogP contribution is 2.23. The number of benzene rings is 2. The first kappa shape index (κ1) is 11.9. The maximum Gasteiger partial charge on any atom is 0.0552 e. The Balaban J connectivity index is 2.35. The van der Waals surface area contributed by atoms with Crippen LogP contribution in [-0.2, 0) is 0 Å². The van der Waals surface area contributed by atoms with Gasteiger partial charge in [-0.2, -0.15) is 0 Å². The van der Waals surface area contributed by atoms with Crippen LogP contribution in [-0.4, -0.2) is 0 Å². The van der Waals surface area contributed by atoms with Gasteiger partial charge in [0, 0.05) is 8.59 Å². The maximum absolute atomic E-state index is 6.19. The third kappa shape index (κ3) is 2.75. The molecular weight excluding hydrogens is 333 g/mol. The minimum absolute atomic E-state index is 0.117. The van der Waals surface area contributed by atoms with Crippen molar-refractivity contribution in [3.05, 3.63) is 68.3 Å².